The predicted molar refractivity (Wildman–Crippen MR) is 159 cm³/mol. The molecule has 9 nitrogen and oxygen atoms in total. The van der Waals surface area contributed by atoms with E-state index in [-0.39, 0.29) is 64.4 Å². The Labute approximate surface area is 250 Å². The van der Waals surface area contributed by atoms with E-state index in [0.717, 1.165) is 6.42 Å². The van der Waals surface area contributed by atoms with Crippen LogP contribution in [0.5, 0.6) is 11.5 Å². The molecule has 3 aliphatic heterocycles. The number of hydrogen-bond donors (Lipinski definition) is 1. The summed E-state index contributed by atoms with van der Waals surface area (Å²) in [5, 5.41) is 10.7. The summed E-state index contributed by atoms with van der Waals surface area (Å²) in [6.07, 6.45) is 5.69. The second-order valence-corrected chi connectivity index (χ2v) is 12.8. The maximum Gasteiger partial charge on any atom is 0.261 e. The molecule has 0 spiro atoms. The SMILES string of the molecule is C=CC(=O)N1CCN2C(=O)c3c(N4CC(N(C)C5CCC5)CC4(C)C)nc(-c4c(O)cccc4F)c(Cl)c3OCC2C1. The third kappa shape index (κ3) is 4.68. The van der Waals surface area contributed by atoms with Gasteiger partial charge >= 0.3 is 0 Å². The van der Waals surface area contributed by atoms with Crippen LogP contribution >= 0.6 is 11.6 Å². The Bertz CT molecular complexity index is 1430. The van der Waals surface area contributed by atoms with Gasteiger partial charge in [-0.1, -0.05) is 30.7 Å². The number of fused-ring (bicyclic) bond motifs is 2. The summed E-state index contributed by atoms with van der Waals surface area (Å²) in [5.41, 5.74) is -0.297. The van der Waals surface area contributed by atoms with Gasteiger partial charge in [0, 0.05) is 43.8 Å². The quantitative estimate of drug-likeness (QED) is 0.514. The summed E-state index contributed by atoms with van der Waals surface area (Å²) in [6, 6.07) is 4.37. The second-order valence-electron chi connectivity index (χ2n) is 12.4. The molecule has 2 amide bonds. The lowest BCUT2D eigenvalue weighted by atomic mass is 9.89. The van der Waals surface area contributed by atoms with Crippen LogP contribution in [0, 0.1) is 5.82 Å². The molecule has 0 bridgehead atoms. The number of nitrogens with zero attached hydrogens (tertiary/aromatic N) is 5. The summed E-state index contributed by atoms with van der Waals surface area (Å²) in [6.45, 7) is 9.49. The van der Waals surface area contributed by atoms with E-state index >= 15 is 4.39 Å². The molecular formula is C31H37ClFN5O4. The van der Waals surface area contributed by atoms with Crippen molar-refractivity contribution < 1.29 is 23.8 Å². The minimum absolute atomic E-state index is 0.0174. The third-order valence-corrected chi connectivity index (χ3v) is 9.86. The van der Waals surface area contributed by atoms with Crippen molar-refractivity contribution in [3.05, 3.63) is 47.3 Å². The number of phenols is 1. The van der Waals surface area contributed by atoms with Crippen LogP contribution in [-0.4, -0.2) is 100 Å². The van der Waals surface area contributed by atoms with Gasteiger partial charge in [0.25, 0.3) is 5.91 Å². The molecule has 2 unspecified atom stereocenters. The predicted octanol–water partition coefficient (Wildman–Crippen LogP) is 4.32. The summed E-state index contributed by atoms with van der Waals surface area (Å²) in [7, 11) is 2.16. The Balaban J connectivity index is 1.49. The summed E-state index contributed by atoms with van der Waals surface area (Å²) < 4.78 is 21.5. The second kappa shape index (κ2) is 10.7. The zero-order valence-electron chi connectivity index (χ0n) is 24.3. The zero-order chi connectivity index (χ0) is 29.9. The lowest BCUT2D eigenvalue weighted by molar-refractivity contribution is -0.128. The highest BCUT2D eigenvalue weighted by Gasteiger charge is 2.47. The van der Waals surface area contributed by atoms with Gasteiger partial charge in [-0.2, -0.15) is 0 Å². The topological polar surface area (TPSA) is 89.5 Å². The van der Waals surface area contributed by atoms with Gasteiger partial charge in [-0.25, -0.2) is 9.37 Å². The van der Waals surface area contributed by atoms with E-state index in [4.69, 9.17) is 21.3 Å². The molecule has 1 saturated carbocycles. The number of rotatable bonds is 5. The maximum absolute atomic E-state index is 15.2. The molecule has 2 aromatic rings. The largest absolute Gasteiger partial charge is 0.507 e. The Morgan fingerprint density at radius 3 is 2.67 bits per heavy atom. The van der Waals surface area contributed by atoms with Crippen LogP contribution in [-0.2, 0) is 4.79 Å². The van der Waals surface area contributed by atoms with E-state index in [9.17, 15) is 14.7 Å². The number of ether oxygens (including phenoxy) is 1. The number of piperazine rings is 1. The van der Waals surface area contributed by atoms with E-state index in [1.165, 1.54) is 43.5 Å². The van der Waals surface area contributed by atoms with Crippen molar-refractivity contribution >= 4 is 29.2 Å². The third-order valence-electron chi connectivity index (χ3n) is 9.51. The van der Waals surface area contributed by atoms with Crippen molar-refractivity contribution in [1.29, 1.82) is 0 Å². The molecule has 1 N–H and O–H groups in total. The molecule has 0 radical (unpaired) electrons. The first-order chi connectivity index (χ1) is 20.0. The van der Waals surface area contributed by atoms with Crippen LogP contribution in [0.15, 0.2) is 30.9 Å². The fourth-order valence-corrected chi connectivity index (χ4v) is 7.12. The first kappa shape index (κ1) is 28.7. The number of aromatic nitrogens is 1. The van der Waals surface area contributed by atoms with Gasteiger partial charge in [0.2, 0.25) is 5.91 Å². The van der Waals surface area contributed by atoms with Crippen molar-refractivity contribution in [2.24, 2.45) is 0 Å². The number of benzene rings is 1. The highest BCUT2D eigenvalue weighted by Crippen LogP contribution is 2.48. The number of phenolic OH excluding ortho intramolecular Hbond substituents is 1. The van der Waals surface area contributed by atoms with Gasteiger partial charge in [0.1, 0.15) is 40.3 Å². The molecule has 224 valence electrons. The molecule has 2 atom stereocenters. The summed E-state index contributed by atoms with van der Waals surface area (Å²) in [5.74, 6) is -1.02. The minimum Gasteiger partial charge on any atom is -0.507 e. The van der Waals surface area contributed by atoms with Gasteiger partial charge in [-0.05, 0) is 58.4 Å². The number of aromatic hydroxyl groups is 1. The Hall–Kier alpha value is -3.37. The molecule has 1 aliphatic carbocycles. The van der Waals surface area contributed by atoms with Crippen molar-refractivity contribution in [3.8, 4) is 22.8 Å². The summed E-state index contributed by atoms with van der Waals surface area (Å²) in [4.78, 5) is 39.6. The fourth-order valence-electron chi connectivity index (χ4n) is 6.83. The van der Waals surface area contributed by atoms with E-state index in [1.54, 1.807) is 9.80 Å². The van der Waals surface area contributed by atoms with Crippen molar-refractivity contribution in [2.45, 2.75) is 63.2 Å². The van der Waals surface area contributed by atoms with Crippen LogP contribution < -0.4 is 9.64 Å². The number of amides is 2. The number of likely N-dealkylation sites (N-methyl/N-ethyl adjacent to an activating group) is 1. The first-order valence-corrected chi connectivity index (χ1v) is 15.0. The number of carbonyl (C=O) groups excluding carboxylic acids is 2. The smallest absolute Gasteiger partial charge is 0.261 e. The van der Waals surface area contributed by atoms with Gasteiger partial charge < -0.3 is 24.5 Å². The van der Waals surface area contributed by atoms with Crippen LogP contribution in [0.4, 0.5) is 10.2 Å². The molecule has 11 heteroatoms. The fraction of sp³-hybridized carbons (Fsp3) is 0.516. The molecule has 3 fully saturated rings. The lowest BCUT2D eigenvalue weighted by Gasteiger charge is -2.40. The van der Waals surface area contributed by atoms with E-state index < -0.39 is 17.4 Å². The number of halogens is 2. The average molecular weight is 598 g/mol. The molecule has 4 aliphatic rings. The van der Waals surface area contributed by atoms with Gasteiger partial charge in [0.05, 0.1) is 11.6 Å². The molecular weight excluding hydrogens is 561 g/mol. The standard InChI is InChI=1S/C31H37ClFN5O4/c1-5-23(40)36-12-13-37-20(15-36)17-42-28-25(30(37)41)29(34-27(26(28)32)24-21(33)10-7-11-22(24)39)38-16-19(14-31(38,2)3)35(4)18-8-6-9-18/h5,7,10-11,18-20,39H,1,6,8-9,12-17H2,2-4H3. The van der Waals surface area contributed by atoms with E-state index in [2.05, 4.69) is 37.3 Å². The molecule has 2 saturated heterocycles. The number of carbonyl (C=O) groups is 2. The molecule has 42 heavy (non-hydrogen) atoms. The molecule has 6 rings (SSSR count). The average Bonchev–Trinajstić information content (AvgIpc) is 3.17. The van der Waals surface area contributed by atoms with Gasteiger partial charge in [-0.3, -0.25) is 14.5 Å². The van der Waals surface area contributed by atoms with Crippen LogP contribution in [0.1, 0.15) is 49.9 Å². The summed E-state index contributed by atoms with van der Waals surface area (Å²) >= 11 is 6.90. The Morgan fingerprint density at radius 2 is 2.00 bits per heavy atom. The number of anilines is 1. The minimum atomic E-state index is -0.686. The first-order valence-electron chi connectivity index (χ1n) is 14.6. The van der Waals surface area contributed by atoms with Crippen molar-refractivity contribution in [1.82, 2.24) is 19.7 Å². The maximum atomic E-state index is 15.2. The number of hydrogen-bond acceptors (Lipinski definition) is 7. The van der Waals surface area contributed by atoms with Crippen LogP contribution in [0.25, 0.3) is 11.3 Å². The Morgan fingerprint density at radius 1 is 1.24 bits per heavy atom. The van der Waals surface area contributed by atoms with Gasteiger partial charge in [0.15, 0.2) is 5.75 Å². The lowest BCUT2D eigenvalue weighted by Crippen LogP contribution is -2.57. The van der Waals surface area contributed by atoms with Crippen LogP contribution in [0.3, 0.4) is 0 Å². The normalized spacial score (nSPS) is 23.7. The van der Waals surface area contributed by atoms with Gasteiger partial charge in [-0.15, -0.1) is 0 Å². The molecule has 4 heterocycles. The van der Waals surface area contributed by atoms with Crippen molar-refractivity contribution in [3.63, 3.8) is 0 Å². The van der Waals surface area contributed by atoms with E-state index in [0.29, 0.717) is 31.5 Å². The highest BCUT2D eigenvalue weighted by molar-refractivity contribution is 6.35. The van der Waals surface area contributed by atoms with Crippen LogP contribution in [0.2, 0.25) is 5.02 Å². The monoisotopic (exact) mass is 597 g/mol. The Kier molecular flexibility index (Phi) is 7.33. The molecule has 1 aromatic carbocycles. The molecule has 1 aromatic heterocycles. The zero-order valence-corrected chi connectivity index (χ0v) is 25.0. The van der Waals surface area contributed by atoms with E-state index in [1.807, 2.05) is 0 Å². The number of pyridine rings is 1. The van der Waals surface area contributed by atoms with Crippen molar-refractivity contribution in [2.75, 3.05) is 44.7 Å². The highest BCUT2D eigenvalue weighted by atomic mass is 35.5.